The third kappa shape index (κ3) is 3.94. The predicted molar refractivity (Wildman–Crippen MR) is 102 cm³/mol. The topological polar surface area (TPSA) is 82.5 Å². The average Bonchev–Trinajstić information content (AvgIpc) is 3.12. The molecule has 0 bridgehead atoms. The molecule has 0 radical (unpaired) electrons. The van der Waals surface area contributed by atoms with Crippen LogP contribution in [0.2, 0.25) is 0 Å². The van der Waals surface area contributed by atoms with E-state index in [1.54, 1.807) is 6.20 Å². The maximum absolute atomic E-state index is 11.4. The number of imidazole rings is 1. The Hall–Kier alpha value is -2.89. The van der Waals surface area contributed by atoms with Crippen molar-refractivity contribution in [3.8, 4) is 0 Å². The zero-order valence-corrected chi connectivity index (χ0v) is 15.2. The summed E-state index contributed by atoms with van der Waals surface area (Å²) < 4.78 is 7.52. The normalized spacial score (nSPS) is 21.0. The fraction of sp³-hybridized carbons (Fsp3) is 0.381. The van der Waals surface area contributed by atoms with Crippen molar-refractivity contribution in [3.05, 3.63) is 66.5 Å². The second-order valence-electron chi connectivity index (χ2n) is 7.28. The van der Waals surface area contributed by atoms with Crippen LogP contribution in [0.15, 0.2) is 55.2 Å². The maximum atomic E-state index is 11.4. The molecule has 1 unspecified atom stereocenters. The van der Waals surface area contributed by atoms with E-state index in [1.807, 2.05) is 41.3 Å². The molecular weight excluding hydrogens is 340 g/mol. The lowest BCUT2D eigenvalue weighted by Gasteiger charge is -2.33. The molecule has 1 aromatic carbocycles. The zero-order chi connectivity index (χ0) is 18.6. The van der Waals surface area contributed by atoms with E-state index in [9.17, 15) is 4.79 Å². The minimum Gasteiger partial charge on any atom is -0.446 e. The lowest BCUT2D eigenvalue weighted by atomic mass is 9.77. The van der Waals surface area contributed by atoms with Crippen LogP contribution < -0.4 is 5.73 Å². The number of fused-ring (bicyclic) bond motifs is 1. The van der Waals surface area contributed by atoms with Gasteiger partial charge in [0.05, 0.1) is 23.7 Å². The highest BCUT2D eigenvalue weighted by Gasteiger charge is 2.31. The molecule has 4 rings (SSSR count). The minimum atomic E-state index is -0.691. The number of amides is 1. The summed E-state index contributed by atoms with van der Waals surface area (Å²) in [5.41, 5.74) is 8.70. The number of benzene rings is 1. The Bertz CT molecular complexity index is 901. The standard InChI is InChI=1S/C21H24N4O2/c22-21(26)27-19(12-15-4-2-1-3-5-15)16-6-8-17(9-7-16)20-18-13-23-10-11-25(18)14-24-20/h1-5,10-11,13-14,16-17,19H,6-9,12H2,(H2,22,26). The number of hydrogen-bond donors (Lipinski definition) is 1. The van der Waals surface area contributed by atoms with Gasteiger partial charge in [-0.1, -0.05) is 30.3 Å². The largest absolute Gasteiger partial charge is 0.446 e. The molecule has 0 saturated heterocycles. The SMILES string of the molecule is NC(=O)OC(Cc1ccccc1)C1CCC(c2ncn3ccncc23)CC1. The second-order valence-corrected chi connectivity index (χ2v) is 7.28. The summed E-state index contributed by atoms with van der Waals surface area (Å²) in [7, 11) is 0. The molecule has 2 N–H and O–H groups in total. The van der Waals surface area contributed by atoms with E-state index in [1.165, 1.54) is 0 Å². The number of aromatic nitrogens is 3. The van der Waals surface area contributed by atoms with Gasteiger partial charge >= 0.3 is 6.09 Å². The Kier molecular flexibility index (Phi) is 5.05. The predicted octanol–water partition coefficient (Wildman–Crippen LogP) is 3.71. The van der Waals surface area contributed by atoms with E-state index in [-0.39, 0.29) is 6.10 Å². The van der Waals surface area contributed by atoms with E-state index in [4.69, 9.17) is 10.5 Å². The summed E-state index contributed by atoms with van der Waals surface area (Å²) in [5.74, 6) is 0.738. The van der Waals surface area contributed by atoms with Crippen LogP contribution in [0.25, 0.3) is 5.52 Å². The molecule has 1 saturated carbocycles. The van der Waals surface area contributed by atoms with E-state index in [0.29, 0.717) is 18.3 Å². The first-order valence-electron chi connectivity index (χ1n) is 9.47. The lowest BCUT2D eigenvalue weighted by molar-refractivity contribution is 0.0519. The van der Waals surface area contributed by atoms with Crippen molar-refractivity contribution in [1.82, 2.24) is 14.4 Å². The van der Waals surface area contributed by atoms with Gasteiger partial charge in [-0.05, 0) is 37.2 Å². The fourth-order valence-electron chi connectivity index (χ4n) is 4.24. The number of nitrogens with zero attached hydrogens (tertiary/aromatic N) is 3. The molecule has 1 aliphatic carbocycles. The van der Waals surface area contributed by atoms with Crippen molar-refractivity contribution in [1.29, 1.82) is 0 Å². The van der Waals surface area contributed by atoms with Crippen LogP contribution in [0.3, 0.4) is 0 Å². The quantitative estimate of drug-likeness (QED) is 0.748. The third-order valence-corrected chi connectivity index (χ3v) is 5.60. The van der Waals surface area contributed by atoms with Gasteiger partial charge in [-0.15, -0.1) is 0 Å². The Balaban J connectivity index is 1.45. The number of primary amides is 1. The van der Waals surface area contributed by atoms with Gasteiger partial charge in [-0.3, -0.25) is 4.98 Å². The van der Waals surface area contributed by atoms with Crippen LogP contribution in [0.4, 0.5) is 4.79 Å². The number of carbonyl (C=O) groups excluding carboxylic acids is 1. The minimum absolute atomic E-state index is 0.175. The Labute approximate surface area is 158 Å². The van der Waals surface area contributed by atoms with Crippen LogP contribution in [-0.2, 0) is 11.2 Å². The van der Waals surface area contributed by atoms with Gasteiger partial charge in [-0.2, -0.15) is 0 Å². The summed E-state index contributed by atoms with van der Waals surface area (Å²) >= 11 is 0. The Morgan fingerprint density at radius 2 is 2.00 bits per heavy atom. The van der Waals surface area contributed by atoms with Crippen LogP contribution >= 0.6 is 0 Å². The number of hydrogen-bond acceptors (Lipinski definition) is 4. The first-order chi connectivity index (χ1) is 13.2. The van der Waals surface area contributed by atoms with Gasteiger partial charge in [0.1, 0.15) is 6.10 Å². The summed E-state index contributed by atoms with van der Waals surface area (Å²) in [6.07, 6.45) is 11.3. The zero-order valence-electron chi connectivity index (χ0n) is 15.2. The maximum Gasteiger partial charge on any atom is 0.404 e. The third-order valence-electron chi connectivity index (χ3n) is 5.60. The highest BCUT2D eigenvalue weighted by molar-refractivity contribution is 5.64. The van der Waals surface area contributed by atoms with Crippen LogP contribution in [0, 0.1) is 5.92 Å². The van der Waals surface area contributed by atoms with Gasteiger partial charge < -0.3 is 14.9 Å². The average molecular weight is 364 g/mol. The summed E-state index contributed by atoms with van der Waals surface area (Å²) in [5, 5.41) is 0. The van der Waals surface area contributed by atoms with E-state index < -0.39 is 6.09 Å². The monoisotopic (exact) mass is 364 g/mol. The highest BCUT2D eigenvalue weighted by atomic mass is 16.6. The smallest absolute Gasteiger partial charge is 0.404 e. The molecule has 1 aliphatic rings. The molecule has 1 atom stereocenters. The van der Waals surface area contributed by atoms with Gasteiger partial charge in [0.25, 0.3) is 0 Å². The Morgan fingerprint density at radius 3 is 2.74 bits per heavy atom. The molecule has 1 amide bonds. The van der Waals surface area contributed by atoms with Crippen molar-refractivity contribution in [2.24, 2.45) is 11.7 Å². The van der Waals surface area contributed by atoms with Crippen molar-refractivity contribution >= 4 is 11.6 Å². The van der Waals surface area contributed by atoms with Crippen LogP contribution in [0.5, 0.6) is 0 Å². The number of nitrogens with two attached hydrogens (primary N) is 1. The first kappa shape index (κ1) is 17.5. The molecule has 6 heteroatoms. The Morgan fingerprint density at radius 1 is 1.22 bits per heavy atom. The molecule has 3 aromatic rings. The molecular formula is C21H24N4O2. The second kappa shape index (κ2) is 7.78. The summed E-state index contributed by atoms with van der Waals surface area (Å²) in [4.78, 5) is 20.3. The molecule has 2 heterocycles. The summed E-state index contributed by atoms with van der Waals surface area (Å²) in [6.45, 7) is 0. The van der Waals surface area contributed by atoms with Crippen LogP contribution in [0.1, 0.15) is 42.9 Å². The van der Waals surface area contributed by atoms with Crippen molar-refractivity contribution in [2.45, 2.75) is 44.1 Å². The molecule has 1 fully saturated rings. The van der Waals surface area contributed by atoms with E-state index in [0.717, 1.165) is 42.5 Å². The number of rotatable bonds is 5. The van der Waals surface area contributed by atoms with Gasteiger partial charge in [-0.25, -0.2) is 9.78 Å². The summed E-state index contributed by atoms with van der Waals surface area (Å²) in [6, 6.07) is 10.1. The van der Waals surface area contributed by atoms with E-state index in [2.05, 4.69) is 22.1 Å². The van der Waals surface area contributed by atoms with Gasteiger partial charge in [0.2, 0.25) is 0 Å². The molecule has 2 aromatic heterocycles. The fourth-order valence-corrected chi connectivity index (χ4v) is 4.24. The number of carbonyl (C=O) groups is 1. The van der Waals surface area contributed by atoms with Crippen molar-refractivity contribution < 1.29 is 9.53 Å². The van der Waals surface area contributed by atoms with Gasteiger partial charge in [0.15, 0.2) is 0 Å². The molecule has 140 valence electrons. The number of ether oxygens (including phenoxy) is 1. The molecule has 0 spiro atoms. The highest BCUT2D eigenvalue weighted by Crippen LogP contribution is 2.39. The van der Waals surface area contributed by atoms with Gasteiger partial charge in [0, 0.05) is 24.7 Å². The lowest BCUT2D eigenvalue weighted by Crippen LogP contribution is -2.33. The van der Waals surface area contributed by atoms with Crippen molar-refractivity contribution in [3.63, 3.8) is 0 Å². The van der Waals surface area contributed by atoms with Crippen LogP contribution in [-0.4, -0.2) is 26.6 Å². The van der Waals surface area contributed by atoms with Crippen molar-refractivity contribution in [2.75, 3.05) is 0 Å². The van der Waals surface area contributed by atoms with E-state index >= 15 is 0 Å². The first-order valence-corrected chi connectivity index (χ1v) is 9.47. The molecule has 27 heavy (non-hydrogen) atoms. The molecule has 0 aliphatic heterocycles. The molecule has 6 nitrogen and oxygen atoms in total.